The molecule has 4 heteroatoms. The van der Waals surface area contributed by atoms with Crippen LogP contribution in [0.3, 0.4) is 0 Å². The molecule has 29 heavy (non-hydrogen) atoms. The van der Waals surface area contributed by atoms with Crippen molar-refractivity contribution in [3.63, 3.8) is 0 Å². The second-order valence-electron chi connectivity index (χ2n) is 8.23. The fourth-order valence-corrected chi connectivity index (χ4v) is 4.38. The van der Waals surface area contributed by atoms with Gasteiger partial charge in [0.2, 0.25) is 0 Å². The molecule has 1 aromatic rings. The first kappa shape index (κ1) is 21.1. The summed E-state index contributed by atoms with van der Waals surface area (Å²) in [5.74, 6) is 1.04. The Morgan fingerprint density at radius 2 is 2.17 bits per heavy atom. The molecule has 4 nitrogen and oxygen atoms in total. The van der Waals surface area contributed by atoms with Gasteiger partial charge in [0, 0.05) is 6.54 Å². The normalized spacial score (nSPS) is 23.5. The summed E-state index contributed by atoms with van der Waals surface area (Å²) in [4.78, 5) is 13.7. The van der Waals surface area contributed by atoms with E-state index in [2.05, 4.69) is 43.3 Å². The molecule has 0 amide bonds. The van der Waals surface area contributed by atoms with E-state index < -0.39 is 5.97 Å². The molecule has 0 aromatic heterocycles. The Kier molecular flexibility index (Phi) is 7.10. The average Bonchev–Trinajstić information content (AvgIpc) is 2.94. The Bertz CT molecular complexity index is 861. The van der Waals surface area contributed by atoms with Crippen molar-refractivity contribution in [2.75, 3.05) is 27.7 Å². The van der Waals surface area contributed by atoms with E-state index in [-0.39, 0.29) is 0 Å². The zero-order valence-corrected chi connectivity index (χ0v) is 17.6. The van der Waals surface area contributed by atoms with Crippen LogP contribution < -0.4 is 4.74 Å². The molecule has 2 atom stereocenters. The molecule has 2 unspecified atom stereocenters. The summed E-state index contributed by atoms with van der Waals surface area (Å²) in [6, 6.07) is 8.43. The lowest BCUT2D eigenvalue weighted by Gasteiger charge is -2.35. The van der Waals surface area contributed by atoms with Crippen LogP contribution in [0.4, 0.5) is 0 Å². The molecule has 0 bridgehead atoms. The van der Waals surface area contributed by atoms with Crippen LogP contribution in [-0.4, -0.2) is 43.7 Å². The van der Waals surface area contributed by atoms with Crippen LogP contribution in [0, 0.1) is 5.92 Å². The molecule has 0 spiro atoms. The summed E-state index contributed by atoms with van der Waals surface area (Å²) in [7, 11) is 5.98. The molecular formula is C25H31NO3. The number of benzene rings is 1. The molecule has 0 aliphatic heterocycles. The first-order valence-corrected chi connectivity index (χ1v) is 10.2. The van der Waals surface area contributed by atoms with Gasteiger partial charge in [-0.3, -0.25) is 0 Å². The summed E-state index contributed by atoms with van der Waals surface area (Å²) in [5, 5.41) is 9.36. The maximum absolute atomic E-state index is 11.4. The van der Waals surface area contributed by atoms with Gasteiger partial charge in [0.25, 0.3) is 0 Å². The van der Waals surface area contributed by atoms with Gasteiger partial charge < -0.3 is 14.7 Å². The second-order valence-corrected chi connectivity index (χ2v) is 8.23. The van der Waals surface area contributed by atoms with Crippen molar-refractivity contribution < 1.29 is 14.6 Å². The van der Waals surface area contributed by atoms with Crippen LogP contribution >= 0.6 is 0 Å². The monoisotopic (exact) mass is 393 g/mol. The van der Waals surface area contributed by atoms with Crippen LogP contribution in [0.1, 0.15) is 37.2 Å². The van der Waals surface area contributed by atoms with E-state index in [9.17, 15) is 9.90 Å². The Morgan fingerprint density at radius 3 is 2.90 bits per heavy atom. The molecule has 2 aliphatic rings. The molecule has 2 aliphatic carbocycles. The van der Waals surface area contributed by atoms with Crippen molar-refractivity contribution in [1.82, 2.24) is 4.90 Å². The predicted octanol–water partition coefficient (Wildman–Crippen LogP) is 4.96. The molecule has 0 heterocycles. The van der Waals surface area contributed by atoms with Gasteiger partial charge in [-0.2, -0.15) is 0 Å². The van der Waals surface area contributed by atoms with Crippen LogP contribution in [-0.2, 0) is 4.79 Å². The zero-order valence-electron chi connectivity index (χ0n) is 17.6. The number of hydrogen-bond donors (Lipinski definition) is 1. The van der Waals surface area contributed by atoms with Gasteiger partial charge in [-0.1, -0.05) is 35.9 Å². The van der Waals surface area contributed by atoms with Crippen molar-refractivity contribution >= 4 is 5.97 Å². The quantitative estimate of drug-likeness (QED) is 0.742. The maximum Gasteiger partial charge on any atom is 0.335 e. The van der Waals surface area contributed by atoms with Gasteiger partial charge in [-0.05, 0) is 87.0 Å². The van der Waals surface area contributed by atoms with Crippen LogP contribution in [0.5, 0.6) is 5.75 Å². The van der Waals surface area contributed by atoms with Gasteiger partial charge >= 0.3 is 5.97 Å². The van der Waals surface area contributed by atoms with Crippen molar-refractivity contribution in [3.8, 4) is 5.75 Å². The Labute approximate surface area is 173 Å². The number of hydrogen-bond acceptors (Lipinski definition) is 3. The lowest BCUT2D eigenvalue weighted by Crippen LogP contribution is -2.29. The summed E-state index contributed by atoms with van der Waals surface area (Å²) in [6.07, 6.45) is 13.5. The third kappa shape index (κ3) is 5.70. The van der Waals surface area contributed by atoms with Crippen LogP contribution in [0.2, 0.25) is 0 Å². The minimum atomic E-state index is -0.878. The van der Waals surface area contributed by atoms with E-state index in [1.165, 1.54) is 11.1 Å². The standard InChI is InChI=1S/C25H31NO3/c1-26(2)17-22-12-11-19(13-18-7-4-5-8-21(14-18)25(27)28)15-24(22)20-9-6-10-23(16-20)29-3/h4-6,8-10,13-14,16,22,24H,7,11-12,15,17H2,1-3H3,(H,27,28)/b19-13-. The van der Waals surface area contributed by atoms with Gasteiger partial charge in [-0.25, -0.2) is 4.79 Å². The van der Waals surface area contributed by atoms with Crippen LogP contribution in [0.25, 0.3) is 0 Å². The number of rotatable bonds is 6. The number of carbonyl (C=O) groups is 1. The van der Waals surface area contributed by atoms with E-state index in [4.69, 9.17) is 4.74 Å². The first-order valence-electron chi connectivity index (χ1n) is 10.2. The summed E-state index contributed by atoms with van der Waals surface area (Å²) < 4.78 is 5.45. The Hall–Kier alpha value is -2.59. The Morgan fingerprint density at radius 1 is 1.34 bits per heavy atom. The molecular weight excluding hydrogens is 362 g/mol. The van der Waals surface area contributed by atoms with E-state index in [0.29, 0.717) is 17.4 Å². The summed E-state index contributed by atoms with van der Waals surface area (Å²) in [5.41, 5.74) is 4.14. The van der Waals surface area contributed by atoms with Crippen molar-refractivity contribution in [1.29, 1.82) is 0 Å². The van der Waals surface area contributed by atoms with Crippen molar-refractivity contribution in [2.45, 2.75) is 31.6 Å². The third-order valence-electron chi connectivity index (χ3n) is 5.75. The molecule has 1 saturated carbocycles. The lowest BCUT2D eigenvalue weighted by molar-refractivity contribution is -0.132. The molecule has 1 aromatic carbocycles. The number of methoxy groups -OCH3 is 1. The molecule has 1 N–H and O–H groups in total. The summed E-state index contributed by atoms with van der Waals surface area (Å²) in [6.45, 7) is 1.06. The molecule has 3 rings (SSSR count). The minimum Gasteiger partial charge on any atom is -0.497 e. The van der Waals surface area contributed by atoms with Crippen molar-refractivity contribution in [2.24, 2.45) is 5.92 Å². The van der Waals surface area contributed by atoms with E-state index in [1.807, 2.05) is 24.3 Å². The van der Waals surface area contributed by atoms with Crippen LogP contribution in [0.15, 0.2) is 71.4 Å². The van der Waals surface area contributed by atoms with E-state index >= 15 is 0 Å². The Balaban J connectivity index is 1.87. The fraction of sp³-hybridized carbons (Fsp3) is 0.400. The lowest BCUT2D eigenvalue weighted by atomic mass is 9.72. The number of carboxylic acids is 1. The highest BCUT2D eigenvalue weighted by Crippen LogP contribution is 2.42. The minimum absolute atomic E-state index is 0.344. The van der Waals surface area contributed by atoms with Gasteiger partial charge in [-0.15, -0.1) is 0 Å². The molecule has 0 saturated heterocycles. The highest BCUT2D eigenvalue weighted by atomic mass is 16.5. The van der Waals surface area contributed by atoms with Gasteiger partial charge in [0.15, 0.2) is 0 Å². The molecule has 154 valence electrons. The zero-order chi connectivity index (χ0) is 20.8. The smallest absolute Gasteiger partial charge is 0.335 e. The maximum atomic E-state index is 11.4. The second kappa shape index (κ2) is 9.75. The van der Waals surface area contributed by atoms with E-state index in [0.717, 1.165) is 43.6 Å². The first-order chi connectivity index (χ1) is 14.0. The number of allylic oxidation sites excluding steroid dienone is 6. The van der Waals surface area contributed by atoms with Gasteiger partial charge in [0.05, 0.1) is 12.7 Å². The average molecular weight is 394 g/mol. The fourth-order valence-electron chi connectivity index (χ4n) is 4.38. The molecule has 1 fully saturated rings. The topological polar surface area (TPSA) is 49.8 Å². The largest absolute Gasteiger partial charge is 0.497 e. The van der Waals surface area contributed by atoms with Crippen molar-refractivity contribution in [3.05, 3.63) is 76.9 Å². The van der Waals surface area contributed by atoms with Gasteiger partial charge in [0.1, 0.15) is 5.75 Å². The predicted molar refractivity (Wildman–Crippen MR) is 117 cm³/mol. The highest BCUT2D eigenvalue weighted by molar-refractivity contribution is 5.90. The summed E-state index contributed by atoms with van der Waals surface area (Å²) >= 11 is 0. The third-order valence-corrected chi connectivity index (χ3v) is 5.75. The number of nitrogens with zero attached hydrogens (tertiary/aromatic N) is 1. The molecule has 0 radical (unpaired) electrons. The number of aliphatic carboxylic acids is 1. The SMILES string of the molecule is COc1cccc(C2C/C(=C\C3=CC(C(=O)O)=CC=CC3)CCC2CN(C)C)c1. The number of ether oxygens (including phenoxy) is 1. The van der Waals surface area contributed by atoms with E-state index in [1.54, 1.807) is 13.2 Å². The number of carboxylic acid groups (broad SMARTS) is 1. The highest BCUT2D eigenvalue weighted by Gasteiger charge is 2.29.